The van der Waals surface area contributed by atoms with Gasteiger partial charge in [-0.3, -0.25) is 0 Å². The van der Waals surface area contributed by atoms with Crippen molar-refractivity contribution in [3.63, 3.8) is 0 Å². The van der Waals surface area contributed by atoms with E-state index in [1.807, 2.05) is 0 Å². The van der Waals surface area contributed by atoms with Crippen LogP contribution in [-0.2, 0) is 0 Å². The average molecular weight is 341 g/mol. The monoisotopic (exact) mass is 340 g/mol. The van der Waals surface area contributed by atoms with Gasteiger partial charge in [0.25, 0.3) is 0 Å². The number of hydrogen-bond acceptors (Lipinski definition) is 1. The number of amides is 2. The molecule has 0 radical (unpaired) electrons. The molecule has 2 saturated carbocycles. The van der Waals surface area contributed by atoms with Crippen molar-refractivity contribution in [1.82, 2.24) is 10.6 Å². The molecular weight excluding hydrogens is 300 g/mol. The van der Waals surface area contributed by atoms with Crippen molar-refractivity contribution in [2.45, 2.75) is 75.3 Å². The largest absolute Gasteiger partial charge is 0.333 e. The zero-order chi connectivity index (χ0) is 17.6. The van der Waals surface area contributed by atoms with Gasteiger partial charge in [-0.2, -0.15) is 0 Å². The van der Waals surface area contributed by atoms with Gasteiger partial charge in [0.1, 0.15) is 11.1 Å². The number of urea groups is 1. The molecular formula is C19H40N4O+2. The summed E-state index contributed by atoms with van der Waals surface area (Å²) in [7, 11) is 8.93. The first-order valence-corrected chi connectivity index (χ1v) is 10.0. The molecule has 2 amide bonds. The molecule has 2 aliphatic carbocycles. The summed E-state index contributed by atoms with van der Waals surface area (Å²) in [4.78, 5) is 15.4. The Morgan fingerprint density at radius 2 is 1.04 bits per heavy atom. The second-order valence-electron chi connectivity index (χ2n) is 8.72. The van der Waals surface area contributed by atoms with Crippen LogP contribution in [0.4, 0.5) is 4.79 Å². The minimum atomic E-state index is 0.0207. The summed E-state index contributed by atoms with van der Waals surface area (Å²) < 4.78 is 0. The van der Waals surface area contributed by atoms with Crippen molar-refractivity contribution in [2.24, 2.45) is 0 Å². The van der Waals surface area contributed by atoms with Crippen LogP contribution in [0, 0.1) is 0 Å². The van der Waals surface area contributed by atoms with Crippen molar-refractivity contribution in [3.05, 3.63) is 0 Å². The predicted octanol–water partition coefficient (Wildman–Crippen LogP) is -0.0196. The molecule has 0 aromatic heterocycles. The molecule has 5 nitrogen and oxygen atoms in total. The van der Waals surface area contributed by atoms with Crippen molar-refractivity contribution < 1.29 is 14.6 Å². The third-order valence-corrected chi connectivity index (χ3v) is 6.92. The molecule has 140 valence electrons. The molecule has 0 spiro atoms. The van der Waals surface area contributed by atoms with E-state index in [9.17, 15) is 4.79 Å². The van der Waals surface area contributed by atoms with Gasteiger partial charge in [0.2, 0.25) is 0 Å². The lowest BCUT2D eigenvalue weighted by Gasteiger charge is -2.41. The van der Waals surface area contributed by atoms with E-state index in [2.05, 4.69) is 38.8 Å². The molecule has 0 aliphatic heterocycles. The summed E-state index contributed by atoms with van der Waals surface area (Å²) in [6.07, 6.45) is 12.8. The highest BCUT2D eigenvalue weighted by atomic mass is 16.2. The lowest BCUT2D eigenvalue weighted by molar-refractivity contribution is -0.916. The van der Waals surface area contributed by atoms with Crippen LogP contribution >= 0.6 is 0 Å². The van der Waals surface area contributed by atoms with E-state index >= 15 is 0 Å². The second-order valence-corrected chi connectivity index (χ2v) is 8.72. The van der Waals surface area contributed by atoms with Crippen molar-refractivity contribution >= 4 is 6.03 Å². The minimum absolute atomic E-state index is 0.0207. The van der Waals surface area contributed by atoms with Gasteiger partial charge >= 0.3 is 6.03 Å². The molecule has 0 bridgehead atoms. The summed E-state index contributed by atoms with van der Waals surface area (Å²) in [6, 6.07) is 0.0207. The topological polar surface area (TPSA) is 50.0 Å². The molecule has 0 heterocycles. The normalized spacial score (nSPS) is 23.2. The average Bonchev–Trinajstić information content (AvgIpc) is 2.59. The lowest BCUT2D eigenvalue weighted by atomic mass is 9.80. The third kappa shape index (κ3) is 4.63. The quantitative estimate of drug-likeness (QED) is 0.540. The van der Waals surface area contributed by atoms with Crippen LogP contribution in [-0.4, -0.2) is 58.4 Å². The summed E-state index contributed by atoms with van der Waals surface area (Å²) >= 11 is 0. The van der Waals surface area contributed by atoms with Gasteiger partial charge in [0.15, 0.2) is 0 Å². The Morgan fingerprint density at radius 3 is 1.33 bits per heavy atom. The van der Waals surface area contributed by atoms with Crippen LogP contribution < -0.4 is 20.4 Å². The summed E-state index contributed by atoms with van der Waals surface area (Å²) in [5.41, 5.74) is 0.454. The molecule has 0 saturated heterocycles. The van der Waals surface area contributed by atoms with E-state index < -0.39 is 0 Å². The van der Waals surface area contributed by atoms with Crippen molar-refractivity contribution in [2.75, 3.05) is 41.3 Å². The molecule has 2 aliphatic rings. The molecule has 0 aromatic rings. The Kier molecular flexibility index (Phi) is 6.93. The molecule has 0 unspecified atom stereocenters. The third-order valence-electron chi connectivity index (χ3n) is 6.92. The molecule has 2 fully saturated rings. The van der Waals surface area contributed by atoms with Crippen LogP contribution in [0.1, 0.15) is 64.2 Å². The van der Waals surface area contributed by atoms with Crippen LogP contribution in [0.2, 0.25) is 0 Å². The zero-order valence-electron chi connectivity index (χ0n) is 16.4. The Labute approximate surface area is 148 Å². The summed E-state index contributed by atoms with van der Waals surface area (Å²) in [5, 5.41) is 6.38. The van der Waals surface area contributed by atoms with E-state index in [1.165, 1.54) is 74.0 Å². The van der Waals surface area contributed by atoms with E-state index in [4.69, 9.17) is 0 Å². The Morgan fingerprint density at radius 1 is 0.708 bits per heavy atom. The van der Waals surface area contributed by atoms with Gasteiger partial charge in [-0.15, -0.1) is 0 Å². The van der Waals surface area contributed by atoms with Gasteiger partial charge < -0.3 is 20.4 Å². The summed E-state index contributed by atoms with van der Waals surface area (Å²) in [5.74, 6) is 0. The SMILES string of the molecule is C[NH+](C)C1(CNC(=O)NCC2([NH+](C)C)CCCCC2)CCCCC1. The van der Waals surface area contributed by atoms with E-state index in [0.717, 1.165) is 13.1 Å². The minimum Gasteiger partial charge on any atom is -0.333 e. The number of carbonyl (C=O) groups excluding carboxylic acids is 1. The number of quaternary nitrogens is 2. The number of likely N-dealkylation sites (N-methyl/N-ethyl adjacent to an activating group) is 2. The van der Waals surface area contributed by atoms with Crippen LogP contribution in [0.15, 0.2) is 0 Å². The predicted molar refractivity (Wildman–Crippen MR) is 98.7 cm³/mol. The highest BCUT2D eigenvalue weighted by Crippen LogP contribution is 2.26. The van der Waals surface area contributed by atoms with Gasteiger partial charge in [0.05, 0.1) is 41.3 Å². The Hall–Kier alpha value is -0.810. The first kappa shape index (κ1) is 19.5. The molecule has 0 atom stereocenters. The van der Waals surface area contributed by atoms with Crippen LogP contribution in [0.3, 0.4) is 0 Å². The van der Waals surface area contributed by atoms with Crippen LogP contribution in [0.5, 0.6) is 0 Å². The van der Waals surface area contributed by atoms with E-state index in [-0.39, 0.29) is 17.1 Å². The fourth-order valence-electron chi connectivity index (χ4n) is 4.73. The molecule has 24 heavy (non-hydrogen) atoms. The second kappa shape index (κ2) is 8.52. The Bertz CT molecular complexity index is 360. The first-order valence-electron chi connectivity index (χ1n) is 10.0. The molecule has 0 aromatic carbocycles. The molecule has 2 rings (SSSR count). The lowest BCUT2D eigenvalue weighted by Crippen LogP contribution is -3.16. The molecule has 4 N–H and O–H groups in total. The highest BCUT2D eigenvalue weighted by Gasteiger charge is 2.40. The zero-order valence-corrected chi connectivity index (χ0v) is 16.4. The maximum Gasteiger partial charge on any atom is 0.315 e. The van der Waals surface area contributed by atoms with Crippen molar-refractivity contribution in [3.8, 4) is 0 Å². The number of hydrogen-bond donors (Lipinski definition) is 4. The van der Waals surface area contributed by atoms with E-state index in [1.54, 1.807) is 0 Å². The van der Waals surface area contributed by atoms with Crippen LogP contribution in [0.25, 0.3) is 0 Å². The number of rotatable bonds is 6. The summed E-state index contributed by atoms with van der Waals surface area (Å²) in [6.45, 7) is 1.59. The standard InChI is InChI=1S/C19H38N4O/c1-22(2)18(11-7-5-8-12-18)15-20-17(24)21-16-19(23(3)4)13-9-6-10-14-19/h5-16H2,1-4H3,(H2,20,21,24)/p+2. The smallest absolute Gasteiger partial charge is 0.315 e. The first-order chi connectivity index (χ1) is 11.4. The fourth-order valence-corrected chi connectivity index (χ4v) is 4.73. The van der Waals surface area contributed by atoms with Crippen molar-refractivity contribution in [1.29, 1.82) is 0 Å². The van der Waals surface area contributed by atoms with Gasteiger partial charge in [-0.05, 0) is 25.7 Å². The Balaban J connectivity index is 1.83. The van der Waals surface area contributed by atoms with Gasteiger partial charge in [-0.25, -0.2) is 4.79 Å². The number of carbonyl (C=O) groups is 1. The van der Waals surface area contributed by atoms with Gasteiger partial charge in [0, 0.05) is 25.7 Å². The fraction of sp³-hybridized carbons (Fsp3) is 0.947. The van der Waals surface area contributed by atoms with Gasteiger partial charge in [-0.1, -0.05) is 12.8 Å². The molecule has 5 heteroatoms. The maximum atomic E-state index is 12.4. The maximum absolute atomic E-state index is 12.4. The highest BCUT2D eigenvalue weighted by molar-refractivity contribution is 5.74. The number of nitrogens with one attached hydrogen (secondary N) is 4. The van der Waals surface area contributed by atoms with E-state index in [0.29, 0.717) is 0 Å².